The molecule has 0 fully saturated rings. The van der Waals surface area contributed by atoms with Crippen molar-refractivity contribution in [1.29, 1.82) is 5.41 Å². The van der Waals surface area contributed by atoms with Gasteiger partial charge in [-0.05, 0) is 24.6 Å². The predicted molar refractivity (Wildman–Crippen MR) is 76.7 cm³/mol. The zero-order chi connectivity index (χ0) is 14.4. The highest BCUT2D eigenvalue weighted by molar-refractivity contribution is 6.01. The first-order valence-corrected chi connectivity index (χ1v) is 6.39. The molecular weight excluding hydrogens is 254 g/mol. The van der Waals surface area contributed by atoms with E-state index in [-0.39, 0.29) is 0 Å². The molecule has 0 radical (unpaired) electrons. The van der Waals surface area contributed by atoms with Crippen LogP contribution < -0.4 is 9.47 Å². The lowest BCUT2D eigenvalue weighted by Crippen LogP contribution is -2.07. The molecule has 5 nitrogen and oxygen atoms in total. The van der Waals surface area contributed by atoms with Crippen LogP contribution in [0.1, 0.15) is 18.1 Å². The Morgan fingerprint density at radius 3 is 2.75 bits per heavy atom. The van der Waals surface area contributed by atoms with E-state index in [0.717, 1.165) is 5.56 Å². The van der Waals surface area contributed by atoms with Crippen LogP contribution in [0, 0.1) is 5.41 Å². The summed E-state index contributed by atoms with van der Waals surface area (Å²) in [7, 11) is 1.55. The van der Waals surface area contributed by atoms with E-state index in [1.807, 2.05) is 25.1 Å². The average Bonchev–Trinajstić information content (AvgIpc) is 2.49. The van der Waals surface area contributed by atoms with Crippen molar-refractivity contribution < 1.29 is 9.47 Å². The first-order chi connectivity index (χ1) is 9.74. The molecule has 0 unspecified atom stereocenters. The standard InChI is InChI=1S/C15H17N3O2/c1-3-20-14-7-6-11(10-18-14)9-13(16)12-5-4-8-17-15(12)19-2/h4-8,10,16H,3,9H2,1-2H3. The van der Waals surface area contributed by atoms with Crippen LogP contribution in [-0.2, 0) is 6.42 Å². The van der Waals surface area contributed by atoms with Gasteiger partial charge in [0.2, 0.25) is 11.8 Å². The molecular formula is C15H17N3O2. The van der Waals surface area contributed by atoms with E-state index in [1.54, 1.807) is 25.6 Å². The van der Waals surface area contributed by atoms with Gasteiger partial charge >= 0.3 is 0 Å². The van der Waals surface area contributed by atoms with Gasteiger partial charge < -0.3 is 14.9 Å². The zero-order valence-corrected chi connectivity index (χ0v) is 11.6. The second-order valence-corrected chi connectivity index (χ2v) is 4.15. The Morgan fingerprint density at radius 1 is 1.25 bits per heavy atom. The number of nitrogens with zero attached hydrogens (tertiary/aromatic N) is 2. The molecule has 0 spiro atoms. The van der Waals surface area contributed by atoms with Gasteiger partial charge in [-0.15, -0.1) is 0 Å². The van der Waals surface area contributed by atoms with E-state index in [4.69, 9.17) is 14.9 Å². The van der Waals surface area contributed by atoms with Crippen molar-refractivity contribution in [1.82, 2.24) is 9.97 Å². The van der Waals surface area contributed by atoms with E-state index in [1.165, 1.54) is 0 Å². The zero-order valence-electron chi connectivity index (χ0n) is 11.6. The number of aromatic nitrogens is 2. The number of pyridine rings is 2. The molecule has 0 saturated carbocycles. The molecule has 2 rings (SSSR count). The van der Waals surface area contributed by atoms with E-state index in [2.05, 4.69) is 9.97 Å². The quantitative estimate of drug-likeness (QED) is 0.820. The SMILES string of the molecule is CCOc1ccc(CC(=N)c2cccnc2OC)cn1. The number of hydrogen-bond acceptors (Lipinski definition) is 5. The first-order valence-electron chi connectivity index (χ1n) is 6.39. The molecule has 1 N–H and O–H groups in total. The minimum absolute atomic E-state index is 0.445. The van der Waals surface area contributed by atoms with E-state index < -0.39 is 0 Å². The van der Waals surface area contributed by atoms with Crippen LogP contribution >= 0.6 is 0 Å². The lowest BCUT2D eigenvalue weighted by atomic mass is 10.0. The number of methoxy groups -OCH3 is 1. The van der Waals surface area contributed by atoms with Crippen LogP contribution in [0.25, 0.3) is 0 Å². The molecule has 0 aromatic carbocycles. The third-order valence-corrected chi connectivity index (χ3v) is 2.76. The van der Waals surface area contributed by atoms with Gasteiger partial charge in [-0.25, -0.2) is 9.97 Å². The Kier molecular flexibility index (Phi) is 4.65. The van der Waals surface area contributed by atoms with Crippen LogP contribution in [0.3, 0.4) is 0 Å². The molecule has 0 aliphatic carbocycles. The van der Waals surface area contributed by atoms with Crippen molar-refractivity contribution in [2.24, 2.45) is 0 Å². The first kappa shape index (κ1) is 14.0. The predicted octanol–water partition coefficient (Wildman–Crippen LogP) is 2.49. The number of ether oxygens (including phenoxy) is 2. The summed E-state index contributed by atoms with van der Waals surface area (Å²) in [6.45, 7) is 2.51. The van der Waals surface area contributed by atoms with Crippen molar-refractivity contribution in [2.45, 2.75) is 13.3 Å². The summed E-state index contributed by atoms with van der Waals surface area (Å²) in [5.41, 5.74) is 2.09. The molecule has 0 saturated heterocycles. The van der Waals surface area contributed by atoms with E-state index in [0.29, 0.717) is 36.1 Å². The molecule has 0 amide bonds. The van der Waals surface area contributed by atoms with Crippen LogP contribution in [0.4, 0.5) is 0 Å². The van der Waals surface area contributed by atoms with Gasteiger partial charge in [0.05, 0.1) is 19.3 Å². The fourth-order valence-electron chi connectivity index (χ4n) is 1.83. The van der Waals surface area contributed by atoms with Crippen LogP contribution in [0.15, 0.2) is 36.7 Å². The van der Waals surface area contributed by atoms with Crippen molar-refractivity contribution in [3.05, 3.63) is 47.8 Å². The Hall–Kier alpha value is -2.43. The fourth-order valence-corrected chi connectivity index (χ4v) is 1.83. The molecule has 5 heteroatoms. The van der Waals surface area contributed by atoms with Crippen molar-refractivity contribution in [3.63, 3.8) is 0 Å². The fraction of sp³-hybridized carbons (Fsp3) is 0.267. The summed E-state index contributed by atoms with van der Waals surface area (Å²) >= 11 is 0. The van der Waals surface area contributed by atoms with E-state index >= 15 is 0 Å². The summed E-state index contributed by atoms with van der Waals surface area (Å²) in [6, 6.07) is 7.35. The van der Waals surface area contributed by atoms with Crippen molar-refractivity contribution >= 4 is 5.71 Å². The second-order valence-electron chi connectivity index (χ2n) is 4.15. The Bertz CT molecular complexity index is 582. The highest BCUT2D eigenvalue weighted by atomic mass is 16.5. The van der Waals surface area contributed by atoms with Gasteiger partial charge in [0.25, 0.3) is 0 Å². The third-order valence-electron chi connectivity index (χ3n) is 2.76. The molecule has 2 aromatic rings. The molecule has 20 heavy (non-hydrogen) atoms. The van der Waals surface area contributed by atoms with Gasteiger partial charge in [0, 0.05) is 30.6 Å². The maximum atomic E-state index is 8.17. The highest BCUT2D eigenvalue weighted by Crippen LogP contribution is 2.17. The number of rotatable bonds is 6. The topological polar surface area (TPSA) is 68.1 Å². The highest BCUT2D eigenvalue weighted by Gasteiger charge is 2.10. The minimum Gasteiger partial charge on any atom is -0.481 e. The Labute approximate surface area is 118 Å². The summed E-state index contributed by atoms with van der Waals surface area (Å²) in [5, 5.41) is 8.17. The Morgan fingerprint density at radius 2 is 2.10 bits per heavy atom. The lowest BCUT2D eigenvalue weighted by Gasteiger charge is -2.08. The van der Waals surface area contributed by atoms with Crippen molar-refractivity contribution in [2.75, 3.05) is 13.7 Å². The summed E-state index contributed by atoms with van der Waals surface area (Å²) in [5.74, 6) is 1.07. The summed E-state index contributed by atoms with van der Waals surface area (Å²) in [4.78, 5) is 8.29. The Balaban J connectivity index is 2.11. The number of hydrogen-bond donors (Lipinski definition) is 1. The van der Waals surface area contributed by atoms with Gasteiger partial charge in [0.1, 0.15) is 0 Å². The molecule has 104 valence electrons. The summed E-state index contributed by atoms with van der Waals surface area (Å²) < 4.78 is 10.5. The smallest absolute Gasteiger partial charge is 0.222 e. The van der Waals surface area contributed by atoms with Gasteiger partial charge in [-0.1, -0.05) is 6.07 Å². The average molecular weight is 271 g/mol. The van der Waals surface area contributed by atoms with Gasteiger partial charge in [-0.3, -0.25) is 0 Å². The minimum atomic E-state index is 0.445. The molecule has 2 heterocycles. The van der Waals surface area contributed by atoms with Gasteiger partial charge in [-0.2, -0.15) is 0 Å². The maximum Gasteiger partial charge on any atom is 0.222 e. The van der Waals surface area contributed by atoms with Crippen LogP contribution in [0.2, 0.25) is 0 Å². The van der Waals surface area contributed by atoms with Crippen LogP contribution in [-0.4, -0.2) is 29.4 Å². The third kappa shape index (κ3) is 3.32. The molecule has 0 atom stereocenters. The second kappa shape index (κ2) is 6.65. The maximum absolute atomic E-state index is 8.17. The number of nitrogens with one attached hydrogen (secondary N) is 1. The van der Waals surface area contributed by atoms with Gasteiger partial charge in [0.15, 0.2) is 0 Å². The molecule has 2 aromatic heterocycles. The monoisotopic (exact) mass is 271 g/mol. The summed E-state index contributed by atoms with van der Waals surface area (Å²) in [6.07, 6.45) is 3.85. The molecule has 0 aliphatic heterocycles. The van der Waals surface area contributed by atoms with Crippen molar-refractivity contribution in [3.8, 4) is 11.8 Å². The molecule has 0 aliphatic rings. The normalized spacial score (nSPS) is 10.1. The molecule has 0 bridgehead atoms. The van der Waals surface area contributed by atoms with E-state index in [9.17, 15) is 0 Å². The van der Waals surface area contributed by atoms with Crippen LogP contribution in [0.5, 0.6) is 11.8 Å². The largest absolute Gasteiger partial charge is 0.481 e. The lowest BCUT2D eigenvalue weighted by molar-refractivity contribution is 0.326.